The van der Waals surface area contributed by atoms with Gasteiger partial charge in [0.1, 0.15) is 11.5 Å². The third-order valence-corrected chi connectivity index (χ3v) is 5.96. The molecule has 0 bridgehead atoms. The molecule has 1 heterocycles. The first-order valence-electron chi connectivity index (χ1n) is 10.5. The lowest BCUT2D eigenvalue weighted by Gasteiger charge is -2.23. The van der Waals surface area contributed by atoms with Crippen LogP contribution in [0.3, 0.4) is 0 Å². The fourth-order valence-electron chi connectivity index (χ4n) is 3.71. The van der Waals surface area contributed by atoms with Gasteiger partial charge in [-0.25, -0.2) is 0 Å². The first-order chi connectivity index (χ1) is 15.4. The van der Waals surface area contributed by atoms with Crippen molar-refractivity contribution >= 4 is 40.7 Å². The Morgan fingerprint density at radius 3 is 2.62 bits per heavy atom. The molecule has 32 heavy (non-hydrogen) atoms. The van der Waals surface area contributed by atoms with Gasteiger partial charge in [-0.15, -0.1) is 0 Å². The quantitative estimate of drug-likeness (QED) is 0.562. The van der Waals surface area contributed by atoms with Crippen molar-refractivity contribution in [2.45, 2.75) is 25.8 Å². The van der Waals surface area contributed by atoms with Crippen molar-refractivity contribution in [3.63, 3.8) is 0 Å². The van der Waals surface area contributed by atoms with Crippen LogP contribution in [0.25, 0.3) is 0 Å². The van der Waals surface area contributed by atoms with Crippen molar-refractivity contribution < 1.29 is 19.1 Å². The summed E-state index contributed by atoms with van der Waals surface area (Å²) in [6.45, 7) is 4.50. The van der Waals surface area contributed by atoms with E-state index < -0.39 is 5.91 Å². The van der Waals surface area contributed by atoms with Crippen LogP contribution in [0.1, 0.15) is 30.1 Å². The number of benzene rings is 2. The van der Waals surface area contributed by atoms with Gasteiger partial charge in [-0.2, -0.15) is 0 Å². The second kappa shape index (κ2) is 11.4. The van der Waals surface area contributed by atoms with Gasteiger partial charge in [0.25, 0.3) is 11.8 Å². The van der Waals surface area contributed by atoms with Gasteiger partial charge in [0.2, 0.25) is 0 Å². The molecule has 3 rings (SSSR count). The van der Waals surface area contributed by atoms with Crippen molar-refractivity contribution in [3.8, 4) is 11.5 Å². The number of carbonyl (C=O) groups is 2. The molecular formula is C23H27Cl2N3O4. The van der Waals surface area contributed by atoms with Crippen LogP contribution in [0, 0.1) is 0 Å². The Hall–Kier alpha value is -2.48. The molecule has 1 aliphatic rings. The summed E-state index contributed by atoms with van der Waals surface area (Å²) in [5.41, 5.74) is 0.645. The Morgan fingerprint density at radius 1 is 1.19 bits per heavy atom. The van der Waals surface area contributed by atoms with Gasteiger partial charge in [0.15, 0.2) is 6.61 Å². The summed E-state index contributed by atoms with van der Waals surface area (Å²) in [7, 11) is 1.46. The number of hydrogen-bond acceptors (Lipinski definition) is 5. The number of methoxy groups -OCH3 is 1. The van der Waals surface area contributed by atoms with Gasteiger partial charge in [-0.1, -0.05) is 30.1 Å². The van der Waals surface area contributed by atoms with E-state index in [4.69, 9.17) is 32.7 Å². The summed E-state index contributed by atoms with van der Waals surface area (Å²) in [5, 5.41) is 6.46. The van der Waals surface area contributed by atoms with Gasteiger partial charge in [0.05, 0.1) is 23.4 Å². The van der Waals surface area contributed by atoms with E-state index in [1.54, 1.807) is 24.3 Å². The number of rotatable bonds is 9. The summed E-state index contributed by atoms with van der Waals surface area (Å²) in [6.07, 6.45) is 2.20. The third kappa shape index (κ3) is 6.28. The van der Waals surface area contributed by atoms with Crippen LogP contribution in [0.5, 0.6) is 11.5 Å². The predicted octanol–water partition coefficient (Wildman–Crippen LogP) is 4.23. The SMILES string of the molecule is CCN1CCCC1CNC(=O)c1cc(Cl)c(NC(=O)COc2ccc(Cl)cc2)cc1OC. The molecule has 172 valence electrons. The van der Waals surface area contributed by atoms with Crippen molar-refractivity contribution in [1.82, 2.24) is 10.2 Å². The number of halogens is 2. The number of ether oxygens (including phenoxy) is 2. The first-order valence-corrected chi connectivity index (χ1v) is 11.2. The molecule has 2 N–H and O–H groups in total. The number of amides is 2. The van der Waals surface area contributed by atoms with Crippen molar-refractivity contribution in [2.75, 3.05) is 38.7 Å². The number of likely N-dealkylation sites (N-methyl/N-ethyl adjacent to an activating group) is 1. The largest absolute Gasteiger partial charge is 0.496 e. The molecule has 2 amide bonds. The van der Waals surface area contributed by atoms with Crippen LogP contribution in [0.4, 0.5) is 5.69 Å². The minimum absolute atomic E-state index is 0.210. The normalized spacial score (nSPS) is 15.9. The highest BCUT2D eigenvalue weighted by molar-refractivity contribution is 6.34. The number of likely N-dealkylation sites (tertiary alicyclic amines) is 1. The second-order valence-corrected chi connectivity index (χ2v) is 8.30. The van der Waals surface area contributed by atoms with Crippen molar-refractivity contribution in [1.29, 1.82) is 0 Å². The van der Waals surface area contributed by atoms with Crippen molar-refractivity contribution in [2.24, 2.45) is 0 Å². The van der Waals surface area contributed by atoms with E-state index in [1.807, 2.05) is 0 Å². The Bertz CT molecular complexity index is 953. The highest BCUT2D eigenvalue weighted by Gasteiger charge is 2.24. The minimum Gasteiger partial charge on any atom is -0.496 e. The Morgan fingerprint density at radius 2 is 1.94 bits per heavy atom. The molecular weight excluding hydrogens is 453 g/mol. The van der Waals surface area contributed by atoms with E-state index in [1.165, 1.54) is 19.2 Å². The fraction of sp³-hybridized carbons (Fsp3) is 0.391. The summed E-state index contributed by atoms with van der Waals surface area (Å²) in [6, 6.07) is 10.1. The summed E-state index contributed by atoms with van der Waals surface area (Å²) >= 11 is 12.2. The molecule has 9 heteroatoms. The number of nitrogens with one attached hydrogen (secondary N) is 2. The van der Waals surface area contributed by atoms with Crippen LogP contribution in [-0.4, -0.2) is 56.1 Å². The molecule has 1 unspecified atom stereocenters. The van der Waals surface area contributed by atoms with E-state index in [9.17, 15) is 9.59 Å². The fourth-order valence-corrected chi connectivity index (χ4v) is 4.05. The monoisotopic (exact) mass is 479 g/mol. The van der Waals surface area contributed by atoms with Crippen LogP contribution < -0.4 is 20.1 Å². The second-order valence-electron chi connectivity index (χ2n) is 7.46. The van der Waals surface area contributed by atoms with Crippen LogP contribution in [-0.2, 0) is 4.79 Å². The third-order valence-electron chi connectivity index (χ3n) is 5.39. The van der Waals surface area contributed by atoms with Crippen LogP contribution >= 0.6 is 23.2 Å². The molecule has 1 atom stereocenters. The topological polar surface area (TPSA) is 79.9 Å². The van der Waals surface area contributed by atoms with Gasteiger partial charge < -0.3 is 20.1 Å². The van der Waals surface area contributed by atoms with Gasteiger partial charge in [-0.3, -0.25) is 14.5 Å². The summed E-state index contributed by atoms with van der Waals surface area (Å²) < 4.78 is 10.8. The van der Waals surface area contributed by atoms with Gasteiger partial charge >= 0.3 is 0 Å². The molecule has 0 spiro atoms. The Kier molecular flexibility index (Phi) is 8.61. The highest BCUT2D eigenvalue weighted by Crippen LogP contribution is 2.31. The molecule has 1 saturated heterocycles. The molecule has 7 nitrogen and oxygen atoms in total. The molecule has 0 saturated carbocycles. The lowest BCUT2D eigenvalue weighted by molar-refractivity contribution is -0.118. The molecule has 2 aromatic rings. The van der Waals surface area contributed by atoms with Gasteiger partial charge in [-0.05, 0) is 56.3 Å². The number of nitrogens with zero attached hydrogens (tertiary/aromatic N) is 1. The average Bonchev–Trinajstić information content (AvgIpc) is 3.25. The Balaban J connectivity index is 1.61. The van der Waals surface area contributed by atoms with Gasteiger partial charge in [0, 0.05) is 23.7 Å². The number of hydrogen-bond donors (Lipinski definition) is 2. The zero-order valence-electron chi connectivity index (χ0n) is 18.1. The Labute approximate surface area is 198 Å². The minimum atomic E-state index is -0.401. The smallest absolute Gasteiger partial charge is 0.262 e. The molecule has 2 aromatic carbocycles. The van der Waals surface area contributed by atoms with Crippen LogP contribution in [0.2, 0.25) is 10.0 Å². The van der Waals surface area contributed by atoms with E-state index in [0.717, 1.165) is 25.9 Å². The lowest BCUT2D eigenvalue weighted by Crippen LogP contribution is -2.40. The predicted molar refractivity (Wildman–Crippen MR) is 126 cm³/mol. The lowest BCUT2D eigenvalue weighted by atomic mass is 10.1. The zero-order chi connectivity index (χ0) is 23.1. The summed E-state index contributed by atoms with van der Waals surface area (Å²) in [5.74, 6) is 0.168. The molecule has 0 radical (unpaired) electrons. The van der Waals surface area contributed by atoms with Crippen molar-refractivity contribution in [3.05, 3.63) is 52.0 Å². The maximum Gasteiger partial charge on any atom is 0.262 e. The molecule has 0 aliphatic carbocycles. The summed E-state index contributed by atoms with van der Waals surface area (Å²) in [4.78, 5) is 27.4. The standard InChI is InChI=1S/C23H27Cl2N3O4/c1-3-28-10-4-5-16(28)13-26-23(30)18-11-19(25)20(12-21(18)31-2)27-22(29)14-32-17-8-6-15(24)7-9-17/h6-9,11-12,16H,3-5,10,13-14H2,1-2H3,(H,26,30)(H,27,29). The molecule has 1 fully saturated rings. The molecule has 1 aliphatic heterocycles. The number of carbonyl (C=O) groups excluding carboxylic acids is 2. The van der Waals surface area contributed by atoms with Crippen LogP contribution in [0.15, 0.2) is 36.4 Å². The average molecular weight is 480 g/mol. The maximum absolute atomic E-state index is 12.8. The van der Waals surface area contributed by atoms with E-state index in [-0.39, 0.29) is 17.5 Å². The first kappa shape index (κ1) is 24.2. The highest BCUT2D eigenvalue weighted by atomic mass is 35.5. The maximum atomic E-state index is 12.8. The zero-order valence-corrected chi connectivity index (χ0v) is 19.6. The number of anilines is 1. The van der Waals surface area contributed by atoms with E-state index in [2.05, 4.69) is 22.5 Å². The van der Waals surface area contributed by atoms with E-state index in [0.29, 0.717) is 40.4 Å². The molecule has 0 aromatic heterocycles. The van der Waals surface area contributed by atoms with E-state index >= 15 is 0 Å².